The number of carbonyl (C=O) groups excluding carboxylic acids is 1. The van der Waals surface area contributed by atoms with Crippen LogP contribution in [0.3, 0.4) is 0 Å². The maximum absolute atomic E-state index is 12.9. The molecule has 0 saturated carbocycles. The fourth-order valence-corrected chi connectivity index (χ4v) is 3.16. The van der Waals surface area contributed by atoms with Crippen molar-refractivity contribution in [1.29, 1.82) is 5.26 Å². The first kappa shape index (κ1) is 16.9. The fraction of sp³-hybridized carbons (Fsp3) is 0.105. The standard InChI is InChI=1S/C19H13FN2O2S/c1-24-16-6-7-17-13(9-16)8-14(10-21)19(22-17)25-11-18(23)12-2-4-15(20)5-3-12/h2-9H,11H2,1H3. The largest absolute Gasteiger partial charge is 0.497 e. The summed E-state index contributed by atoms with van der Waals surface area (Å²) < 4.78 is 18.1. The minimum atomic E-state index is -0.386. The van der Waals surface area contributed by atoms with E-state index in [1.807, 2.05) is 0 Å². The normalized spacial score (nSPS) is 10.4. The third-order valence-electron chi connectivity index (χ3n) is 3.61. The number of pyridine rings is 1. The van der Waals surface area contributed by atoms with Crippen LogP contribution in [-0.4, -0.2) is 23.6 Å². The highest BCUT2D eigenvalue weighted by molar-refractivity contribution is 8.00. The molecular weight excluding hydrogens is 339 g/mol. The molecule has 0 spiro atoms. The highest BCUT2D eigenvalue weighted by Crippen LogP contribution is 2.27. The highest BCUT2D eigenvalue weighted by atomic mass is 32.2. The predicted octanol–water partition coefficient (Wildman–Crippen LogP) is 4.23. The van der Waals surface area contributed by atoms with Gasteiger partial charge in [-0.3, -0.25) is 4.79 Å². The molecule has 0 saturated heterocycles. The average molecular weight is 352 g/mol. The first-order valence-corrected chi connectivity index (χ1v) is 8.40. The molecule has 0 bridgehead atoms. The van der Waals surface area contributed by atoms with E-state index in [0.29, 0.717) is 21.9 Å². The minimum absolute atomic E-state index is 0.120. The van der Waals surface area contributed by atoms with E-state index in [9.17, 15) is 14.4 Å². The average Bonchev–Trinajstić information content (AvgIpc) is 2.65. The second-order valence-electron chi connectivity index (χ2n) is 5.23. The van der Waals surface area contributed by atoms with E-state index in [0.717, 1.165) is 10.9 Å². The molecule has 0 aliphatic heterocycles. The van der Waals surface area contributed by atoms with Gasteiger partial charge in [-0.15, -0.1) is 0 Å². The SMILES string of the molecule is COc1ccc2nc(SCC(=O)c3ccc(F)cc3)c(C#N)cc2c1. The summed E-state index contributed by atoms with van der Waals surface area (Å²) in [6, 6.07) is 14.6. The van der Waals surface area contributed by atoms with Gasteiger partial charge in [0.2, 0.25) is 0 Å². The second-order valence-corrected chi connectivity index (χ2v) is 6.19. The van der Waals surface area contributed by atoms with Crippen LogP contribution in [0, 0.1) is 17.1 Å². The Balaban J connectivity index is 1.84. The Morgan fingerprint density at radius 2 is 2.00 bits per heavy atom. The Bertz CT molecular complexity index is 981. The predicted molar refractivity (Wildman–Crippen MR) is 94.5 cm³/mol. The molecule has 0 atom stereocenters. The van der Waals surface area contributed by atoms with Crippen molar-refractivity contribution < 1.29 is 13.9 Å². The number of halogens is 1. The summed E-state index contributed by atoms with van der Waals surface area (Å²) in [5.41, 5.74) is 1.55. The highest BCUT2D eigenvalue weighted by Gasteiger charge is 2.12. The number of Topliss-reactive ketones (excluding diaryl/α,β-unsaturated/α-hetero) is 1. The Kier molecular flexibility index (Phi) is 4.96. The summed E-state index contributed by atoms with van der Waals surface area (Å²) in [4.78, 5) is 16.7. The molecule has 6 heteroatoms. The zero-order chi connectivity index (χ0) is 17.8. The summed E-state index contributed by atoms with van der Waals surface area (Å²) in [7, 11) is 1.57. The van der Waals surface area contributed by atoms with Crippen molar-refractivity contribution in [3.8, 4) is 11.8 Å². The van der Waals surface area contributed by atoms with Crippen LogP contribution >= 0.6 is 11.8 Å². The molecule has 0 N–H and O–H groups in total. The molecule has 4 nitrogen and oxygen atoms in total. The number of ketones is 1. The zero-order valence-corrected chi connectivity index (χ0v) is 14.1. The van der Waals surface area contributed by atoms with Gasteiger partial charge in [0, 0.05) is 10.9 Å². The maximum atomic E-state index is 12.9. The first-order valence-electron chi connectivity index (χ1n) is 7.41. The Labute approximate surface area is 148 Å². The van der Waals surface area contributed by atoms with E-state index in [1.165, 1.54) is 36.0 Å². The van der Waals surface area contributed by atoms with E-state index in [1.54, 1.807) is 31.4 Å². The molecule has 2 aromatic carbocycles. The molecule has 0 unspecified atom stereocenters. The number of hydrogen-bond donors (Lipinski definition) is 0. The van der Waals surface area contributed by atoms with E-state index >= 15 is 0 Å². The lowest BCUT2D eigenvalue weighted by Crippen LogP contribution is -2.03. The number of hydrogen-bond acceptors (Lipinski definition) is 5. The summed E-state index contributed by atoms with van der Waals surface area (Å²) >= 11 is 1.20. The summed E-state index contributed by atoms with van der Waals surface area (Å²) in [5, 5.41) is 10.6. The van der Waals surface area contributed by atoms with Crippen molar-refractivity contribution in [3.63, 3.8) is 0 Å². The van der Waals surface area contributed by atoms with Gasteiger partial charge in [0.15, 0.2) is 5.78 Å². The smallest absolute Gasteiger partial charge is 0.173 e. The van der Waals surface area contributed by atoms with Gasteiger partial charge >= 0.3 is 0 Å². The van der Waals surface area contributed by atoms with Crippen molar-refractivity contribution in [2.45, 2.75) is 5.03 Å². The van der Waals surface area contributed by atoms with Gasteiger partial charge < -0.3 is 4.74 Å². The van der Waals surface area contributed by atoms with Gasteiger partial charge in [0.05, 0.1) is 23.9 Å². The van der Waals surface area contributed by atoms with Crippen LogP contribution in [-0.2, 0) is 0 Å². The molecule has 1 heterocycles. The lowest BCUT2D eigenvalue weighted by Gasteiger charge is -2.07. The number of fused-ring (bicyclic) bond motifs is 1. The lowest BCUT2D eigenvalue weighted by atomic mass is 10.1. The monoisotopic (exact) mass is 352 g/mol. The van der Waals surface area contributed by atoms with E-state index in [-0.39, 0.29) is 17.4 Å². The molecule has 1 aromatic heterocycles. The van der Waals surface area contributed by atoms with Crippen LogP contribution < -0.4 is 4.74 Å². The third-order valence-corrected chi connectivity index (χ3v) is 4.60. The quantitative estimate of drug-likeness (QED) is 0.508. The molecule has 0 radical (unpaired) electrons. The second kappa shape index (κ2) is 7.32. The van der Waals surface area contributed by atoms with Crippen LogP contribution in [0.1, 0.15) is 15.9 Å². The van der Waals surface area contributed by atoms with Gasteiger partial charge in [-0.2, -0.15) is 5.26 Å². The van der Waals surface area contributed by atoms with E-state index < -0.39 is 0 Å². The van der Waals surface area contributed by atoms with Gasteiger partial charge in [-0.1, -0.05) is 11.8 Å². The molecule has 0 fully saturated rings. The Morgan fingerprint density at radius 3 is 2.68 bits per heavy atom. The van der Waals surface area contributed by atoms with Crippen molar-refractivity contribution in [1.82, 2.24) is 4.98 Å². The van der Waals surface area contributed by atoms with Gasteiger partial charge in [0.1, 0.15) is 22.7 Å². The van der Waals surface area contributed by atoms with Crippen molar-refractivity contribution >= 4 is 28.4 Å². The molecular formula is C19H13FN2O2S. The molecule has 3 aromatic rings. The molecule has 3 rings (SSSR count). The molecule has 124 valence electrons. The fourth-order valence-electron chi connectivity index (χ4n) is 2.31. The summed E-state index contributed by atoms with van der Waals surface area (Å²) in [5.74, 6) is 0.271. The van der Waals surface area contributed by atoms with Crippen LogP contribution in [0.4, 0.5) is 4.39 Å². The number of thioether (sulfide) groups is 1. The number of methoxy groups -OCH3 is 1. The molecule has 25 heavy (non-hydrogen) atoms. The van der Waals surface area contributed by atoms with Crippen molar-refractivity contribution in [2.75, 3.05) is 12.9 Å². The van der Waals surface area contributed by atoms with E-state index in [4.69, 9.17) is 4.74 Å². The summed E-state index contributed by atoms with van der Waals surface area (Å²) in [6.07, 6.45) is 0. The van der Waals surface area contributed by atoms with Crippen molar-refractivity contribution in [2.24, 2.45) is 0 Å². The topological polar surface area (TPSA) is 63.0 Å². The number of aromatic nitrogens is 1. The minimum Gasteiger partial charge on any atom is -0.497 e. The summed E-state index contributed by atoms with van der Waals surface area (Å²) in [6.45, 7) is 0. The number of rotatable bonds is 5. The van der Waals surface area contributed by atoms with Crippen LogP contribution in [0.15, 0.2) is 53.6 Å². The van der Waals surface area contributed by atoms with Crippen LogP contribution in [0.25, 0.3) is 10.9 Å². The van der Waals surface area contributed by atoms with Crippen LogP contribution in [0.2, 0.25) is 0 Å². The third kappa shape index (κ3) is 3.78. The lowest BCUT2D eigenvalue weighted by molar-refractivity contribution is 0.102. The zero-order valence-electron chi connectivity index (χ0n) is 13.3. The van der Waals surface area contributed by atoms with Gasteiger partial charge in [0.25, 0.3) is 0 Å². The van der Waals surface area contributed by atoms with E-state index in [2.05, 4.69) is 11.1 Å². The van der Waals surface area contributed by atoms with Gasteiger partial charge in [-0.25, -0.2) is 9.37 Å². The number of nitriles is 1. The molecule has 0 aliphatic rings. The van der Waals surface area contributed by atoms with Gasteiger partial charge in [-0.05, 0) is 48.5 Å². The number of carbonyl (C=O) groups is 1. The number of ether oxygens (including phenoxy) is 1. The Morgan fingerprint density at radius 1 is 1.24 bits per heavy atom. The van der Waals surface area contributed by atoms with Crippen molar-refractivity contribution in [3.05, 3.63) is 65.5 Å². The molecule has 0 amide bonds. The van der Waals surface area contributed by atoms with Crippen LogP contribution in [0.5, 0.6) is 5.75 Å². The number of nitrogens with zero attached hydrogens (tertiary/aromatic N) is 2. The first-order chi connectivity index (χ1) is 12.1. The molecule has 0 aliphatic carbocycles. The number of benzene rings is 2. The maximum Gasteiger partial charge on any atom is 0.173 e. The Hall–Kier alpha value is -2.91.